The summed E-state index contributed by atoms with van der Waals surface area (Å²) in [7, 11) is 0. The average molecular weight is 389 g/mol. The molecule has 6 nitrogen and oxygen atoms in total. The Kier molecular flexibility index (Phi) is 4.99. The van der Waals surface area contributed by atoms with Crippen molar-refractivity contribution in [2.75, 3.05) is 11.4 Å². The van der Waals surface area contributed by atoms with Gasteiger partial charge in [-0.15, -0.1) is 0 Å². The first-order valence-corrected chi connectivity index (χ1v) is 9.34. The highest BCUT2D eigenvalue weighted by Gasteiger charge is 2.21. The summed E-state index contributed by atoms with van der Waals surface area (Å²) in [6.07, 6.45) is 4.44. The molecule has 1 aromatic heterocycles. The van der Waals surface area contributed by atoms with Gasteiger partial charge in [-0.05, 0) is 54.8 Å². The topological polar surface area (TPSA) is 76.8 Å². The Morgan fingerprint density at radius 1 is 1.10 bits per heavy atom. The lowest BCUT2D eigenvalue weighted by Crippen LogP contribution is -2.23. The lowest BCUT2D eigenvalue weighted by Gasteiger charge is -2.15. The number of carbonyl (C=O) groups excluding carboxylic acids is 2. The van der Waals surface area contributed by atoms with Crippen LogP contribution in [0.15, 0.2) is 63.8 Å². The van der Waals surface area contributed by atoms with E-state index in [1.54, 1.807) is 23.1 Å². The molecule has 0 N–H and O–H groups in total. The normalized spacial score (nSPS) is 14.1. The van der Waals surface area contributed by atoms with Gasteiger partial charge in [0, 0.05) is 42.2 Å². The summed E-state index contributed by atoms with van der Waals surface area (Å²) in [5, 5.41) is 0.788. The zero-order chi connectivity index (χ0) is 20.4. The van der Waals surface area contributed by atoms with Crippen molar-refractivity contribution >= 4 is 34.6 Å². The Morgan fingerprint density at radius 3 is 2.62 bits per heavy atom. The molecule has 2 aromatic carbocycles. The summed E-state index contributed by atoms with van der Waals surface area (Å²) in [4.78, 5) is 37.2. The number of nitrogens with zero attached hydrogens (tertiary/aromatic N) is 1. The molecule has 1 saturated heterocycles. The van der Waals surface area contributed by atoms with Crippen LogP contribution in [-0.2, 0) is 9.59 Å². The lowest BCUT2D eigenvalue weighted by atomic mass is 10.1. The van der Waals surface area contributed by atoms with Crippen molar-refractivity contribution in [1.29, 1.82) is 0 Å². The average Bonchev–Trinajstić information content (AvgIpc) is 3.12. The van der Waals surface area contributed by atoms with Crippen molar-refractivity contribution in [3.63, 3.8) is 0 Å². The molecule has 6 heteroatoms. The minimum atomic E-state index is -0.543. The van der Waals surface area contributed by atoms with Crippen LogP contribution in [0.4, 0.5) is 5.69 Å². The third-order valence-electron chi connectivity index (χ3n) is 4.83. The highest BCUT2D eigenvalue weighted by molar-refractivity contribution is 5.95. The Bertz CT molecular complexity index is 1170. The number of ether oxygens (including phenoxy) is 1. The van der Waals surface area contributed by atoms with Crippen LogP contribution in [0.5, 0.6) is 5.75 Å². The number of amides is 1. The van der Waals surface area contributed by atoms with Crippen molar-refractivity contribution in [2.24, 2.45) is 0 Å². The van der Waals surface area contributed by atoms with Crippen LogP contribution in [-0.4, -0.2) is 18.4 Å². The number of fused-ring (bicyclic) bond motifs is 1. The van der Waals surface area contributed by atoms with Gasteiger partial charge >= 0.3 is 11.6 Å². The maximum atomic E-state index is 12.1. The van der Waals surface area contributed by atoms with Crippen LogP contribution in [0.25, 0.3) is 17.0 Å². The van der Waals surface area contributed by atoms with Crippen molar-refractivity contribution < 1.29 is 18.7 Å². The maximum absolute atomic E-state index is 12.1. The van der Waals surface area contributed by atoms with Crippen LogP contribution in [0.2, 0.25) is 0 Å². The van der Waals surface area contributed by atoms with Crippen LogP contribution >= 0.6 is 0 Å². The third kappa shape index (κ3) is 4.11. The lowest BCUT2D eigenvalue weighted by molar-refractivity contribution is -0.128. The van der Waals surface area contributed by atoms with Gasteiger partial charge in [-0.2, -0.15) is 0 Å². The van der Waals surface area contributed by atoms with E-state index >= 15 is 0 Å². The zero-order valence-corrected chi connectivity index (χ0v) is 15.9. The molecule has 2 heterocycles. The SMILES string of the molecule is Cc1cc(=O)oc2cc(OC(=O)/C=C/c3ccc(N4CCCC4=O)cc3)ccc12. The van der Waals surface area contributed by atoms with Gasteiger partial charge < -0.3 is 14.1 Å². The summed E-state index contributed by atoms with van der Waals surface area (Å²) >= 11 is 0. The number of hydrogen-bond acceptors (Lipinski definition) is 5. The molecule has 0 aliphatic carbocycles. The quantitative estimate of drug-likeness (QED) is 0.293. The highest BCUT2D eigenvalue weighted by atomic mass is 16.5. The van der Waals surface area contributed by atoms with Gasteiger partial charge in [0.2, 0.25) is 5.91 Å². The summed E-state index contributed by atoms with van der Waals surface area (Å²) in [6, 6.07) is 13.8. The van der Waals surface area contributed by atoms with Gasteiger partial charge in [0.15, 0.2) is 0 Å². The highest BCUT2D eigenvalue weighted by Crippen LogP contribution is 2.23. The number of benzene rings is 2. The second kappa shape index (κ2) is 7.75. The number of rotatable bonds is 4. The molecule has 0 atom stereocenters. The summed E-state index contributed by atoms with van der Waals surface area (Å²) in [5.74, 6) is -0.111. The fraction of sp³-hybridized carbons (Fsp3) is 0.174. The summed E-state index contributed by atoms with van der Waals surface area (Å²) in [5.41, 5.74) is 2.40. The predicted molar refractivity (Wildman–Crippen MR) is 110 cm³/mol. The fourth-order valence-electron chi connectivity index (χ4n) is 3.37. The van der Waals surface area contributed by atoms with Crippen molar-refractivity contribution in [3.8, 4) is 5.75 Å². The predicted octanol–water partition coefficient (Wildman–Crippen LogP) is 3.85. The number of carbonyl (C=O) groups is 2. The molecule has 1 amide bonds. The van der Waals surface area contributed by atoms with E-state index in [1.165, 1.54) is 18.2 Å². The molecule has 1 aliphatic heterocycles. The monoisotopic (exact) mass is 389 g/mol. The van der Waals surface area contributed by atoms with E-state index < -0.39 is 11.6 Å². The molecule has 1 fully saturated rings. The first kappa shape index (κ1) is 18.7. The van der Waals surface area contributed by atoms with E-state index in [0.29, 0.717) is 17.8 Å². The van der Waals surface area contributed by atoms with Crippen molar-refractivity contribution in [2.45, 2.75) is 19.8 Å². The zero-order valence-electron chi connectivity index (χ0n) is 15.9. The number of aryl methyl sites for hydroxylation is 1. The van der Waals surface area contributed by atoms with Gasteiger partial charge in [-0.25, -0.2) is 9.59 Å². The van der Waals surface area contributed by atoms with Gasteiger partial charge in [0.25, 0.3) is 0 Å². The van der Waals surface area contributed by atoms with Crippen LogP contribution in [0, 0.1) is 6.92 Å². The second-order valence-electron chi connectivity index (χ2n) is 6.90. The molecule has 146 valence electrons. The van der Waals surface area contributed by atoms with Crippen molar-refractivity contribution in [3.05, 3.63) is 76.2 Å². The summed E-state index contributed by atoms with van der Waals surface area (Å²) < 4.78 is 10.5. The molecule has 29 heavy (non-hydrogen) atoms. The minimum absolute atomic E-state index is 0.137. The van der Waals surface area contributed by atoms with Gasteiger partial charge in [-0.1, -0.05) is 12.1 Å². The first-order chi connectivity index (χ1) is 14.0. The van der Waals surface area contributed by atoms with E-state index in [1.807, 2.05) is 31.2 Å². The van der Waals surface area contributed by atoms with E-state index in [0.717, 1.165) is 35.2 Å². The maximum Gasteiger partial charge on any atom is 0.336 e. The number of anilines is 1. The largest absolute Gasteiger partial charge is 0.423 e. The molecule has 0 saturated carbocycles. The van der Waals surface area contributed by atoms with Gasteiger partial charge in [-0.3, -0.25) is 4.79 Å². The fourth-order valence-corrected chi connectivity index (χ4v) is 3.37. The van der Waals surface area contributed by atoms with Crippen LogP contribution < -0.4 is 15.3 Å². The molecule has 3 aromatic rings. The van der Waals surface area contributed by atoms with E-state index in [4.69, 9.17) is 9.15 Å². The molecule has 1 aliphatic rings. The Labute approximate surface area is 167 Å². The van der Waals surface area contributed by atoms with E-state index in [2.05, 4.69) is 0 Å². The Hall–Kier alpha value is -3.67. The van der Waals surface area contributed by atoms with Crippen LogP contribution in [0.1, 0.15) is 24.0 Å². The molecule has 4 rings (SSSR count). The smallest absolute Gasteiger partial charge is 0.336 e. The number of hydrogen-bond donors (Lipinski definition) is 0. The second-order valence-corrected chi connectivity index (χ2v) is 6.90. The Balaban J connectivity index is 1.44. The molecule has 0 spiro atoms. The first-order valence-electron chi connectivity index (χ1n) is 9.34. The minimum Gasteiger partial charge on any atom is -0.423 e. The molecule has 0 bridgehead atoms. The standard InChI is InChI=1S/C23H19NO5/c1-15-13-23(27)29-20-14-18(9-10-19(15)20)28-22(26)11-6-16-4-7-17(8-5-16)24-12-2-3-21(24)25/h4-11,13-14H,2-3,12H2,1H3/b11-6+. The molecular weight excluding hydrogens is 370 g/mol. The van der Waals surface area contributed by atoms with E-state index in [-0.39, 0.29) is 5.91 Å². The molecule has 0 unspecified atom stereocenters. The Morgan fingerprint density at radius 2 is 1.90 bits per heavy atom. The van der Waals surface area contributed by atoms with Crippen molar-refractivity contribution in [1.82, 2.24) is 0 Å². The van der Waals surface area contributed by atoms with Gasteiger partial charge in [0.05, 0.1) is 0 Å². The van der Waals surface area contributed by atoms with Crippen LogP contribution in [0.3, 0.4) is 0 Å². The number of esters is 1. The molecular formula is C23H19NO5. The summed E-state index contributed by atoms with van der Waals surface area (Å²) in [6.45, 7) is 2.56. The third-order valence-corrected chi connectivity index (χ3v) is 4.83. The van der Waals surface area contributed by atoms with Gasteiger partial charge in [0.1, 0.15) is 11.3 Å². The molecule has 0 radical (unpaired) electrons. The van der Waals surface area contributed by atoms with E-state index in [9.17, 15) is 14.4 Å².